The van der Waals surface area contributed by atoms with Gasteiger partial charge in [-0.05, 0) is 35.4 Å². The van der Waals surface area contributed by atoms with Crippen LogP contribution < -0.4 is 0 Å². The number of hydrogen-bond acceptors (Lipinski definition) is 1. The van der Waals surface area contributed by atoms with Crippen LogP contribution in [0.3, 0.4) is 0 Å². The minimum absolute atomic E-state index is 0.741. The summed E-state index contributed by atoms with van der Waals surface area (Å²) in [5, 5.41) is 5.16. The maximum absolute atomic E-state index is 5.89. The first kappa shape index (κ1) is 13.4. The Hall–Kier alpha value is -1.58. The van der Waals surface area contributed by atoms with Crippen LogP contribution in [0.1, 0.15) is 5.56 Å². The van der Waals surface area contributed by atoms with E-state index in [1.54, 1.807) is 0 Å². The van der Waals surface area contributed by atoms with E-state index < -0.39 is 0 Å². The van der Waals surface area contributed by atoms with Gasteiger partial charge in [-0.25, -0.2) is 0 Å². The Kier molecular flexibility index (Phi) is 3.90. The molecule has 0 fully saturated rings. The van der Waals surface area contributed by atoms with Gasteiger partial charge < -0.3 is 0 Å². The number of nitrogens with zero attached hydrogens (tertiary/aromatic N) is 2. The van der Waals surface area contributed by atoms with E-state index >= 15 is 0 Å². The van der Waals surface area contributed by atoms with Crippen molar-refractivity contribution in [2.24, 2.45) is 0 Å². The van der Waals surface area contributed by atoms with Crippen LogP contribution in [0.15, 0.2) is 65.4 Å². The average Bonchev–Trinajstić information content (AvgIpc) is 2.90. The minimum atomic E-state index is 0.741. The van der Waals surface area contributed by atoms with Crippen molar-refractivity contribution < 1.29 is 0 Å². The van der Waals surface area contributed by atoms with Crippen LogP contribution >= 0.6 is 27.5 Å². The number of benzene rings is 2. The molecule has 100 valence electrons. The van der Waals surface area contributed by atoms with Crippen molar-refractivity contribution >= 4 is 27.5 Å². The highest BCUT2D eigenvalue weighted by Crippen LogP contribution is 2.22. The molecule has 0 bridgehead atoms. The summed E-state index contributed by atoms with van der Waals surface area (Å²) in [4.78, 5) is 0. The van der Waals surface area contributed by atoms with Crippen molar-refractivity contribution in [3.63, 3.8) is 0 Å². The van der Waals surface area contributed by atoms with E-state index in [9.17, 15) is 0 Å². The molecular weight excluding hydrogens is 336 g/mol. The fourth-order valence-corrected chi connectivity index (χ4v) is 2.57. The van der Waals surface area contributed by atoms with Gasteiger partial charge in [0.05, 0.1) is 12.7 Å². The van der Waals surface area contributed by atoms with E-state index in [0.29, 0.717) is 0 Å². The molecule has 0 N–H and O–H groups in total. The van der Waals surface area contributed by atoms with Gasteiger partial charge in [0.2, 0.25) is 0 Å². The van der Waals surface area contributed by atoms with E-state index in [0.717, 1.165) is 27.2 Å². The van der Waals surface area contributed by atoms with Gasteiger partial charge in [-0.2, -0.15) is 5.10 Å². The van der Waals surface area contributed by atoms with E-state index in [1.807, 2.05) is 47.3 Å². The highest BCUT2D eigenvalue weighted by atomic mass is 79.9. The minimum Gasteiger partial charge on any atom is -0.268 e. The van der Waals surface area contributed by atoms with Gasteiger partial charge >= 0.3 is 0 Å². The summed E-state index contributed by atoms with van der Waals surface area (Å²) in [6.45, 7) is 0.741. The summed E-state index contributed by atoms with van der Waals surface area (Å²) in [5.74, 6) is 0. The van der Waals surface area contributed by atoms with Crippen LogP contribution in [0.5, 0.6) is 0 Å². The lowest BCUT2D eigenvalue weighted by atomic mass is 10.1. The molecule has 0 aliphatic carbocycles. The quantitative estimate of drug-likeness (QED) is 0.651. The highest BCUT2D eigenvalue weighted by molar-refractivity contribution is 9.10. The lowest BCUT2D eigenvalue weighted by Crippen LogP contribution is -1.99. The molecule has 3 rings (SSSR count). The molecule has 0 aliphatic heterocycles. The molecular formula is C16H12BrClN2. The molecule has 1 heterocycles. The molecule has 0 aliphatic rings. The third kappa shape index (κ3) is 3.11. The van der Waals surface area contributed by atoms with Gasteiger partial charge in [0.25, 0.3) is 0 Å². The first-order chi connectivity index (χ1) is 9.70. The van der Waals surface area contributed by atoms with Crippen molar-refractivity contribution in [3.8, 4) is 11.1 Å². The van der Waals surface area contributed by atoms with Crippen molar-refractivity contribution in [1.82, 2.24) is 9.78 Å². The standard InChI is InChI=1S/C16H12BrClN2/c17-15-3-1-2-13(8-15)14-9-19-20(11-14)10-12-4-6-16(18)7-5-12/h1-9,11H,10H2. The third-order valence-corrected chi connectivity index (χ3v) is 3.79. The van der Waals surface area contributed by atoms with Crippen molar-refractivity contribution in [1.29, 1.82) is 0 Å². The fraction of sp³-hybridized carbons (Fsp3) is 0.0625. The predicted molar refractivity (Wildman–Crippen MR) is 85.9 cm³/mol. The second-order valence-electron chi connectivity index (χ2n) is 4.56. The zero-order chi connectivity index (χ0) is 13.9. The molecule has 0 spiro atoms. The lowest BCUT2D eigenvalue weighted by Gasteiger charge is -2.02. The van der Waals surface area contributed by atoms with E-state index in [4.69, 9.17) is 11.6 Å². The molecule has 0 saturated heterocycles. The van der Waals surface area contributed by atoms with Gasteiger partial charge in [-0.3, -0.25) is 4.68 Å². The number of rotatable bonds is 3. The summed E-state index contributed by atoms with van der Waals surface area (Å²) in [7, 11) is 0. The van der Waals surface area contributed by atoms with Gasteiger partial charge in [0.1, 0.15) is 0 Å². The summed E-state index contributed by atoms with van der Waals surface area (Å²) in [6, 6.07) is 16.0. The smallest absolute Gasteiger partial charge is 0.0659 e. The van der Waals surface area contributed by atoms with Crippen molar-refractivity contribution in [3.05, 3.63) is 76.0 Å². The van der Waals surface area contributed by atoms with Gasteiger partial charge in [0, 0.05) is 21.3 Å². The summed E-state index contributed by atoms with van der Waals surface area (Å²) < 4.78 is 3.00. The monoisotopic (exact) mass is 346 g/mol. The lowest BCUT2D eigenvalue weighted by molar-refractivity contribution is 0.687. The first-order valence-electron chi connectivity index (χ1n) is 6.23. The van der Waals surface area contributed by atoms with E-state index in [2.05, 4.69) is 39.4 Å². The normalized spacial score (nSPS) is 10.7. The molecule has 0 amide bonds. The second-order valence-corrected chi connectivity index (χ2v) is 5.92. The molecule has 0 atom stereocenters. The Bertz CT molecular complexity index is 719. The molecule has 0 unspecified atom stereocenters. The van der Waals surface area contributed by atoms with Crippen LogP contribution in [-0.4, -0.2) is 9.78 Å². The third-order valence-electron chi connectivity index (χ3n) is 3.05. The number of hydrogen-bond donors (Lipinski definition) is 0. The van der Waals surface area contributed by atoms with E-state index in [1.165, 1.54) is 5.56 Å². The average molecular weight is 348 g/mol. The zero-order valence-corrected chi connectivity index (χ0v) is 13.0. The Morgan fingerprint density at radius 3 is 2.60 bits per heavy atom. The summed E-state index contributed by atoms with van der Waals surface area (Å²) >= 11 is 9.37. The van der Waals surface area contributed by atoms with E-state index in [-0.39, 0.29) is 0 Å². The summed E-state index contributed by atoms with van der Waals surface area (Å²) in [6.07, 6.45) is 3.94. The molecule has 3 aromatic rings. The number of aromatic nitrogens is 2. The van der Waals surface area contributed by atoms with Gasteiger partial charge in [0.15, 0.2) is 0 Å². The van der Waals surface area contributed by atoms with Crippen molar-refractivity contribution in [2.75, 3.05) is 0 Å². The first-order valence-corrected chi connectivity index (χ1v) is 7.41. The Morgan fingerprint density at radius 2 is 1.85 bits per heavy atom. The van der Waals surface area contributed by atoms with Gasteiger partial charge in [-0.15, -0.1) is 0 Å². The van der Waals surface area contributed by atoms with Crippen LogP contribution in [-0.2, 0) is 6.54 Å². The molecule has 2 nitrogen and oxygen atoms in total. The largest absolute Gasteiger partial charge is 0.268 e. The molecule has 0 radical (unpaired) electrons. The highest BCUT2D eigenvalue weighted by Gasteiger charge is 2.03. The fourth-order valence-electron chi connectivity index (χ4n) is 2.04. The number of halogens is 2. The molecule has 4 heteroatoms. The SMILES string of the molecule is Clc1ccc(Cn2cc(-c3cccc(Br)c3)cn2)cc1. The van der Waals surface area contributed by atoms with Crippen LogP contribution in [0.4, 0.5) is 0 Å². The van der Waals surface area contributed by atoms with Crippen molar-refractivity contribution in [2.45, 2.75) is 6.54 Å². The Labute approximate surface area is 131 Å². The zero-order valence-electron chi connectivity index (χ0n) is 10.6. The van der Waals surface area contributed by atoms with Crippen LogP contribution in [0, 0.1) is 0 Å². The Balaban J connectivity index is 1.82. The maximum Gasteiger partial charge on any atom is 0.0659 e. The molecule has 1 aromatic heterocycles. The maximum atomic E-state index is 5.89. The summed E-state index contributed by atoms with van der Waals surface area (Å²) in [5.41, 5.74) is 3.44. The van der Waals surface area contributed by atoms with Crippen LogP contribution in [0.25, 0.3) is 11.1 Å². The topological polar surface area (TPSA) is 17.8 Å². The van der Waals surface area contributed by atoms with Gasteiger partial charge in [-0.1, -0.05) is 51.8 Å². The Morgan fingerprint density at radius 1 is 1.05 bits per heavy atom. The molecule has 2 aromatic carbocycles. The molecule has 0 saturated carbocycles. The second kappa shape index (κ2) is 5.81. The van der Waals surface area contributed by atoms with Crippen LogP contribution in [0.2, 0.25) is 5.02 Å². The predicted octanol–water partition coefficient (Wildman–Crippen LogP) is 5.01. The molecule has 20 heavy (non-hydrogen) atoms.